The Morgan fingerprint density at radius 3 is 2.48 bits per heavy atom. The summed E-state index contributed by atoms with van der Waals surface area (Å²) in [6.45, 7) is 2.82. The average molecular weight is 361 g/mol. The first-order valence-corrected chi connectivity index (χ1v) is 10.0. The van der Waals surface area contributed by atoms with Gasteiger partial charge < -0.3 is 9.67 Å². The van der Waals surface area contributed by atoms with Crippen molar-refractivity contribution in [3.63, 3.8) is 0 Å². The molecule has 1 aliphatic rings. The molecule has 2 aromatic rings. The summed E-state index contributed by atoms with van der Waals surface area (Å²) < 4.78 is 2.09. The van der Waals surface area contributed by atoms with Gasteiger partial charge in [-0.2, -0.15) is 0 Å². The maximum absolute atomic E-state index is 9.67. The molecule has 1 N–H and O–H groups in total. The van der Waals surface area contributed by atoms with E-state index in [4.69, 9.17) is 11.6 Å². The molecular formula is C21H29ClN2O. The van der Waals surface area contributed by atoms with Crippen LogP contribution in [0, 0.1) is 5.92 Å². The molecule has 0 atom stereocenters. The molecule has 1 heterocycles. The van der Waals surface area contributed by atoms with Crippen molar-refractivity contribution < 1.29 is 5.11 Å². The number of aryl methyl sites for hydroxylation is 1. The van der Waals surface area contributed by atoms with Gasteiger partial charge in [-0.05, 0) is 29.9 Å². The highest BCUT2D eigenvalue weighted by atomic mass is 35.5. The molecule has 0 spiro atoms. The number of nitrogens with zero attached hydrogens (tertiary/aromatic N) is 2. The Labute approximate surface area is 156 Å². The number of aliphatic hydroxyl groups excluding tert-OH is 1. The molecule has 1 aromatic heterocycles. The Hall–Kier alpha value is -1.32. The van der Waals surface area contributed by atoms with Crippen molar-refractivity contribution in [3.8, 4) is 0 Å². The van der Waals surface area contributed by atoms with Crippen LogP contribution in [-0.4, -0.2) is 14.7 Å². The second kappa shape index (κ2) is 8.86. The summed E-state index contributed by atoms with van der Waals surface area (Å²) in [7, 11) is 0. The van der Waals surface area contributed by atoms with Crippen LogP contribution in [0.25, 0.3) is 0 Å². The topological polar surface area (TPSA) is 38.1 Å². The minimum Gasteiger partial charge on any atom is -0.390 e. The number of hydrogen-bond acceptors (Lipinski definition) is 2. The molecule has 0 amide bonds. The van der Waals surface area contributed by atoms with Gasteiger partial charge in [0.1, 0.15) is 5.82 Å². The summed E-state index contributed by atoms with van der Waals surface area (Å²) in [5.41, 5.74) is 3.40. The van der Waals surface area contributed by atoms with Crippen molar-refractivity contribution in [2.75, 3.05) is 0 Å². The Morgan fingerprint density at radius 2 is 1.84 bits per heavy atom. The largest absolute Gasteiger partial charge is 0.390 e. The fraction of sp³-hybridized carbons (Fsp3) is 0.571. The molecule has 1 aromatic carbocycles. The number of unbranched alkanes of at least 4 members (excludes halogenated alkanes) is 1. The van der Waals surface area contributed by atoms with Crippen molar-refractivity contribution in [3.05, 3.63) is 52.1 Å². The van der Waals surface area contributed by atoms with Gasteiger partial charge >= 0.3 is 0 Å². The predicted octanol–water partition coefficient (Wildman–Crippen LogP) is 5.15. The zero-order chi connectivity index (χ0) is 17.6. The lowest BCUT2D eigenvalue weighted by Crippen LogP contribution is -2.09. The quantitative estimate of drug-likeness (QED) is 0.706. The normalized spacial score (nSPS) is 15.2. The second-order valence-electron chi connectivity index (χ2n) is 7.28. The van der Waals surface area contributed by atoms with Crippen LogP contribution in [0.4, 0.5) is 0 Å². The monoisotopic (exact) mass is 360 g/mol. The zero-order valence-electron chi connectivity index (χ0n) is 15.2. The molecular weight excluding hydrogens is 332 g/mol. The number of aliphatic hydroxyl groups is 1. The van der Waals surface area contributed by atoms with E-state index in [1.807, 2.05) is 0 Å². The molecule has 4 heteroatoms. The summed E-state index contributed by atoms with van der Waals surface area (Å²) in [6, 6.07) is 8.94. The smallest absolute Gasteiger partial charge is 0.152 e. The lowest BCUT2D eigenvalue weighted by atomic mass is 9.97. The van der Waals surface area contributed by atoms with Gasteiger partial charge in [-0.25, -0.2) is 4.98 Å². The van der Waals surface area contributed by atoms with Crippen LogP contribution in [0.3, 0.4) is 0 Å². The standard InChI is InChI=1S/C21H29ClN2O/c1-2-3-8-20-23-21(22)19(15-25)24(20)14-18-11-9-17(10-12-18)13-16-6-4-5-7-16/h9-12,16,25H,2-8,13-15H2,1H3. The highest BCUT2D eigenvalue weighted by Crippen LogP contribution is 2.28. The molecule has 0 bridgehead atoms. The van der Waals surface area contributed by atoms with Crippen LogP contribution in [0.1, 0.15) is 68.1 Å². The highest BCUT2D eigenvalue weighted by Gasteiger charge is 2.16. The molecule has 1 saturated carbocycles. The van der Waals surface area contributed by atoms with Gasteiger partial charge in [0.2, 0.25) is 0 Å². The summed E-state index contributed by atoms with van der Waals surface area (Å²) in [6.07, 6.45) is 9.87. The van der Waals surface area contributed by atoms with Crippen molar-refractivity contribution in [2.24, 2.45) is 5.92 Å². The van der Waals surface area contributed by atoms with Gasteiger partial charge in [0.15, 0.2) is 5.15 Å². The Morgan fingerprint density at radius 1 is 1.16 bits per heavy atom. The van der Waals surface area contributed by atoms with E-state index in [2.05, 4.69) is 40.7 Å². The molecule has 3 rings (SSSR count). The van der Waals surface area contributed by atoms with Gasteiger partial charge in [0.05, 0.1) is 12.3 Å². The molecule has 3 nitrogen and oxygen atoms in total. The van der Waals surface area contributed by atoms with E-state index >= 15 is 0 Å². The van der Waals surface area contributed by atoms with Gasteiger partial charge in [-0.15, -0.1) is 0 Å². The molecule has 1 aliphatic carbocycles. The maximum atomic E-state index is 9.67. The first-order chi connectivity index (χ1) is 12.2. The first kappa shape index (κ1) is 18.5. The molecule has 0 saturated heterocycles. The fourth-order valence-corrected chi connectivity index (χ4v) is 4.14. The van der Waals surface area contributed by atoms with Crippen molar-refractivity contribution in [1.29, 1.82) is 0 Å². The van der Waals surface area contributed by atoms with Crippen LogP contribution in [0.5, 0.6) is 0 Å². The molecule has 136 valence electrons. The summed E-state index contributed by atoms with van der Waals surface area (Å²) in [5.74, 6) is 1.85. The second-order valence-corrected chi connectivity index (χ2v) is 7.64. The maximum Gasteiger partial charge on any atom is 0.152 e. The van der Waals surface area contributed by atoms with Crippen LogP contribution < -0.4 is 0 Å². The third kappa shape index (κ3) is 4.65. The summed E-state index contributed by atoms with van der Waals surface area (Å²) in [4.78, 5) is 4.47. The zero-order valence-corrected chi connectivity index (χ0v) is 15.9. The third-order valence-corrected chi connectivity index (χ3v) is 5.67. The van der Waals surface area contributed by atoms with Gasteiger partial charge in [-0.1, -0.05) is 74.9 Å². The van der Waals surface area contributed by atoms with Gasteiger partial charge in [0, 0.05) is 13.0 Å². The van der Waals surface area contributed by atoms with Crippen LogP contribution in [-0.2, 0) is 26.0 Å². The lowest BCUT2D eigenvalue weighted by Gasteiger charge is -2.13. The van der Waals surface area contributed by atoms with E-state index in [0.717, 1.165) is 43.2 Å². The summed E-state index contributed by atoms with van der Waals surface area (Å²) in [5, 5.41) is 10.1. The Balaban J connectivity index is 1.72. The fourth-order valence-electron chi connectivity index (χ4n) is 3.88. The SMILES string of the molecule is CCCCc1nc(Cl)c(CO)n1Cc1ccc(CC2CCCC2)cc1. The van der Waals surface area contributed by atoms with Crippen LogP contribution in [0.2, 0.25) is 5.15 Å². The number of hydrogen-bond donors (Lipinski definition) is 1. The van der Waals surface area contributed by atoms with E-state index in [9.17, 15) is 5.11 Å². The minimum atomic E-state index is -0.0717. The van der Waals surface area contributed by atoms with E-state index in [-0.39, 0.29) is 6.61 Å². The molecule has 1 fully saturated rings. The van der Waals surface area contributed by atoms with Crippen LogP contribution in [0.15, 0.2) is 24.3 Å². The molecule has 0 aliphatic heterocycles. The van der Waals surface area contributed by atoms with Gasteiger partial charge in [0.25, 0.3) is 0 Å². The van der Waals surface area contributed by atoms with E-state index < -0.39 is 0 Å². The molecule has 0 radical (unpaired) electrons. The van der Waals surface area contributed by atoms with E-state index in [0.29, 0.717) is 5.15 Å². The Kier molecular flexibility index (Phi) is 6.55. The van der Waals surface area contributed by atoms with Crippen molar-refractivity contribution in [2.45, 2.75) is 71.4 Å². The average Bonchev–Trinajstić information content (AvgIpc) is 3.22. The van der Waals surface area contributed by atoms with E-state index in [1.165, 1.54) is 43.2 Å². The minimum absolute atomic E-state index is 0.0717. The molecule has 25 heavy (non-hydrogen) atoms. The predicted molar refractivity (Wildman–Crippen MR) is 103 cm³/mol. The van der Waals surface area contributed by atoms with Gasteiger partial charge in [-0.3, -0.25) is 0 Å². The lowest BCUT2D eigenvalue weighted by molar-refractivity contribution is 0.271. The number of halogens is 1. The molecule has 0 unspecified atom stereocenters. The number of benzene rings is 1. The first-order valence-electron chi connectivity index (χ1n) is 9.63. The van der Waals surface area contributed by atoms with Crippen LogP contribution >= 0.6 is 11.6 Å². The third-order valence-electron chi connectivity index (χ3n) is 5.37. The number of aromatic nitrogens is 2. The van der Waals surface area contributed by atoms with Crippen molar-refractivity contribution >= 4 is 11.6 Å². The summed E-state index contributed by atoms with van der Waals surface area (Å²) >= 11 is 6.22. The number of imidazole rings is 1. The van der Waals surface area contributed by atoms with E-state index in [1.54, 1.807) is 0 Å². The highest BCUT2D eigenvalue weighted by molar-refractivity contribution is 6.30. The Bertz CT molecular complexity index is 672. The van der Waals surface area contributed by atoms with Crippen molar-refractivity contribution in [1.82, 2.24) is 9.55 Å². The number of rotatable bonds is 8.